The minimum Gasteiger partial charge on any atom is -0.392 e. The molecule has 0 aliphatic rings. The third-order valence-electron chi connectivity index (χ3n) is 1.01. The zero-order chi connectivity index (χ0) is 8.20. The molecular weight excluding hydrogens is 159 g/mol. The molecule has 1 atom stereocenters. The fourth-order valence-corrected chi connectivity index (χ4v) is 1.27. The van der Waals surface area contributed by atoms with E-state index < -0.39 is 22.1 Å². The average molecular weight is 170 g/mol. The van der Waals surface area contributed by atoms with Gasteiger partial charge in [-0.2, -0.15) is 8.42 Å². The van der Waals surface area contributed by atoms with Gasteiger partial charge in [0.05, 0.1) is 6.10 Å². The summed E-state index contributed by atoms with van der Waals surface area (Å²) in [5.41, 5.74) is 0. The summed E-state index contributed by atoms with van der Waals surface area (Å²) in [7, 11) is -4.50. The molecule has 0 saturated carbocycles. The monoisotopic (exact) mass is 170 g/mol. The summed E-state index contributed by atoms with van der Waals surface area (Å²) in [6.45, 7) is 1.79. The van der Waals surface area contributed by atoms with E-state index in [0.717, 1.165) is 0 Å². The molecule has 0 aliphatic heterocycles. The van der Waals surface area contributed by atoms with E-state index >= 15 is 0 Å². The van der Waals surface area contributed by atoms with E-state index in [0.29, 0.717) is 12.8 Å². The van der Waals surface area contributed by atoms with Crippen LogP contribution in [-0.2, 0) is 10.2 Å². The van der Waals surface area contributed by atoms with E-state index in [2.05, 4.69) is 0 Å². The van der Waals surface area contributed by atoms with Gasteiger partial charge < -0.3 is 5.11 Å². The number of aliphatic hydroxyl groups is 1. The second kappa shape index (κ2) is 3.88. The molecule has 0 saturated heterocycles. The lowest BCUT2D eigenvalue weighted by molar-refractivity contribution is 0.185. The highest BCUT2D eigenvalue weighted by molar-refractivity contribution is 7.86. The Morgan fingerprint density at radius 1 is 1.60 bits per heavy atom. The van der Waals surface area contributed by atoms with Crippen LogP contribution in [0.15, 0.2) is 0 Å². The largest absolute Gasteiger partial charge is 0.392 e. The van der Waals surface area contributed by atoms with Crippen molar-refractivity contribution in [2.45, 2.75) is 25.9 Å². The first kappa shape index (κ1) is 9.84. The molecule has 0 spiro atoms. The minimum absolute atomic E-state index is 0.323. The van der Waals surface area contributed by atoms with Crippen LogP contribution in [0, 0.1) is 0 Å². The van der Waals surface area contributed by atoms with E-state index in [1.807, 2.05) is 0 Å². The summed E-state index contributed by atoms with van der Waals surface area (Å²) in [5.74, 6) is -0.777. The highest BCUT2D eigenvalue weighted by Gasteiger charge is 2.14. The number of aliphatic hydroxyl groups excluding tert-OH is 1. The molecule has 0 fully saturated rings. The van der Waals surface area contributed by atoms with E-state index in [-0.39, 0.29) is 0 Å². The lowest BCUT2D eigenvalue weighted by Gasteiger charge is -2.03. The van der Waals surface area contributed by atoms with Gasteiger partial charge in [0.15, 0.2) is 0 Å². The Balaban J connectivity index is 3.69. The zero-order valence-electron chi connectivity index (χ0n) is 5.75. The molecule has 1 unspecified atom stereocenters. The van der Waals surface area contributed by atoms with Gasteiger partial charge in [0.2, 0.25) is 0 Å². The Morgan fingerprint density at radius 3 is 2.40 bits per heavy atom. The Bertz CT molecular complexity index is 175. The molecular formula is C5H11FO3S. The van der Waals surface area contributed by atoms with E-state index in [4.69, 9.17) is 5.11 Å². The van der Waals surface area contributed by atoms with Gasteiger partial charge in [-0.25, -0.2) is 0 Å². The fourth-order valence-electron chi connectivity index (χ4n) is 0.646. The van der Waals surface area contributed by atoms with Crippen LogP contribution in [0.1, 0.15) is 19.8 Å². The number of hydrogen-bond donors (Lipinski definition) is 1. The molecule has 0 aliphatic carbocycles. The summed E-state index contributed by atoms with van der Waals surface area (Å²) in [4.78, 5) is 0. The van der Waals surface area contributed by atoms with Gasteiger partial charge in [-0.1, -0.05) is 13.3 Å². The van der Waals surface area contributed by atoms with Crippen molar-refractivity contribution >= 4 is 10.2 Å². The van der Waals surface area contributed by atoms with E-state index in [9.17, 15) is 12.3 Å². The smallest absolute Gasteiger partial charge is 0.304 e. The van der Waals surface area contributed by atoms with Gasteiger partial charge in [-0.15, -0.1) is 3.89 Å². The first-order valence-corrected chi connectivity index (χ1v) is 4.61. The van der Waals surface area contributed by atoms with Crippen molar-refractivity contribution in [2.75, 3.05) is 5.75 Å². The van der Waals surface area contributed by atoms with Crippen LogP contribution < -0.4 is 0 Å². The Kier molecular flexibility index (Phi) is 3.81. The predicted molar refractivity (Wildman–Crippen MR) is 35.8 cm³/mol. The third-order valence-corrected chi connectivity index (χ3v) is 1.80. The molecule has 0 rings (SSSR count). The molecule has 62 valence electrons. The highest BCUT2D eigenvalue weighted by Crippen LogP contribution is 2.01. The van der Waals surface area contributed by atoms with Crippen molar-refractivity contribution < 1.29 is 17.4 Å². The molecule has 5 heteroatoms. The summed E-state index contributed by atoms with van der Waals surface area (Å²) in [5, 5.41) is 8.77. The van der Waals surface area contributed by atoms with Crippen molar-refractivity contribution in [3.63, 3.8) is 0 Å². The fraction of sp³-hybridized carbons (Fsp3) is 1.00. The van der Waals surface area contributed by atoms with Crippen LogP contribution in [0.5, 0.6) is 0 Å². The van der Waals surface area contributed by atoms with Gasteiger partial charge in [-0.05, 0) is 6.42 Å². The molecule has 0 aromatic heterocycles. The van der Waals surface area contributed by atoms with Crippen molar-refractivity contribution in [3.05, 3.63) is 0 Å². The summed E-state index contributed by atoms with van der Waals surface area (Å²) in [6.07, 6.45) is -0.0835. The van der Waals surface area contributed by atoms with Gasteiger partial charge >= 0.3 is 10.2 Å². The van der Waals surface area contributed by atoms with Gasteiger partial charge in [0.25, 0.3) is 0 Å². The van der Waals surface area contributed by atoms with Crippen molar-refractivity contribution in [2.24, 2.45) is 0 Å². The molecule has 1 N–H and O–H groups in total. The van der Waals surface area contributed by atoms with Gasteiger partial charge in [0.1, 0.15) is 5.75 Å². The second-order valence-corrected chi connectivity index (χ2v) is 3.56. The first-order chi connectivity index (χ1) is 4.45. The highest BCUT2D eigenvalue weighted by atomic mass is 32.3. The first-order valence-electron chi connectivity index (χ1n) is 3.06. The van der Waals surface area contributed by atoms with E-state index in [1.165, 1.54) is 0 Å². The number of hydrogen-bond acceptors (Lipinski definition) is 3. The summed E-state index contributed by atoms with van der Waals surface area (Å²) >= 11 is 0. The molecule has 0 aromatic carbocycles. The maximum Gasteiger partial charge on any atom is 0.304 e. The lowest BCUT2D eigenvalue weighted by atomic mass is 10.2. The van der Waals surface area contributed by atoms with Gasteiger partial charge in [0, 0.05) is 0 Å². The van der Waals surface area contributed by atoms with Crippen LogP contribution in [0.3, 0.4) is 0 Å². The van der Waals surface area contributed by atoms with E-state index in [1.54, 1.807) is 6.92 Å². The molecule has 3 nitrogen and oxygen atoms in total. The Labute approximate surface area is 60.1 Å². The van der Waals surface area contributed by atoms with Crippen molar-refractivity contribution in [1.82, 2.24) is 0 Å². The topological polar surface area (TPSA) is 54.4 Å². The maximum atomic E-state index is 11.8. The molecule has 10 heavy (non-hydrogen) atoms. The molecule has 0 aromatic rings. The standard InChI is InChI=1S/C5H11FO3S/c1-2-3-5(7)4-10(6,8)9/h5,7H,2-4H2,1H3. The Hall–Kier alpha value is -0.160. The lowest BCUT2D eigenvalue weighted by Crippen LogP contribution is -2.17. The molecule has 0 bridgehead atoms. The third kappa shape index (κ3) is 5.97. The molecule has 0 heterocycles. The van der Waals surface area contributed by atoms with Crippen LogP contribution >= 0.6 is 0 Å². The SMILES string of the molecule is CCCC(O)CS(=O)(=O)F. The van der Waals surface area contributed by atoms with Crippen LogP contribution in [0.4, 0.5) is 3.89 Å². The van der Waals surface area contributed by atoms with Crippen molar-refractivity contribution in [3.8, 4) is 0 Å². The predicted octanol–water partition coefficient (Wildman–Crippen LogP) is 0.447. The Morgan fingerprint density at radius 2 is 2.10 bits per heavy atom. The average Bonchev–Trinajstić information content (AvgIpc) is 1.59. The normalized spacial score (nSPS) is 15.1. The van der Waals surface area contributed by atoms with Gasteiger partial charge in [-0.3, -0.25) is 0 Å². The number of halogens is 1. The second-order valence-electron chi connectivity index (χ2n) is 2.15. The molecule has 0 amide bonds. The molecule has 0 radical (unpaired) electrons. The summed E-state index contributed by atoms with van der Waals surface area (Å²) < 4.78 is 31.6. The number of rotatable bonds is 4. The zero-order valence-corrected chi connectivity index (χ0v) is 6.57. The quantitative estimate of drug-likeness (QED) is 0.623. The minimum atomic E-state index is -4.50. The van der Waals surface area contributed by atoms with Crippen LogP contribution in [0.2, 0.25) is 0 Å². The van der Waals surface area contributed by atoms with Crippen LogP contribution in [0.25, 0.3) is 0 Å². The maximum absolute atomic E-state index is 11.8. The summed E-state index contributed by atoms with van der Waals surface area (Å²) in [6, 6.07) is 0. The van der Waals surface area contributed by atoms with Crippen LogP contribution in [-0.4, -0.2) is 25.4 Å². The van der Waals surface area contributed by atoms with Crippen molar-refractivity contribution in [1.29, 1.82) is 0 Å².